The molecule has 0 aromatic heterocycles. The summed E-state index contributed by atoms with van der Waals surface area (Å²) < 4.78 is 10.7. The fourth-order valence-corrected chi connectivity index (χ4v) is 3.31. The van der Waals surface area contributed by atoms with E-state index in [2.05, 4.69) is 24.9 Å². The van der Waals surface area contributed by atoms with Gasteiger partial charge in [0, 0.05) is 5.56 Å². The molecule has 0 aliphatic rings. The maximum Gasteiger partial charge on any atom is 0.328 e. The summed E-state index contributed by atoms with van der Waals surface area (Å²) >= 11 is 5.91. The van der Waals surface area contributed by atoms with Crippen molar-refractivity contribution in [1.29, 1.82) is 0 Å². The van der Waals surface area contributed by atoms with Crippen molar-refractivity contribution in [3.8, 4) is 5.75 Å². The lowest BCUT2D eigenvalue weighted by atomic mass is 9.96. The Kier molecular flexibility index (Phi) is 11.5. The van der Waals surface area contributed by atoms with Crippen molar-refractivity contribution in [2.75, 3.05) is 31.5 Å². The van der Waals surface area contributed by atoms with Gasteiger partial charge in [0.15, 0.2) is 0 Å². The zero-order chi connectivity index (χ0) is 21.1. The molecule has 0 aliphatic heterocycles. The quantitative estimate of drug-likeness (QED) is 0.387. The van der Waals surface area contributed by atoms with Crippen LogP contribution in [0.4, 0.5) is 0 Å². The molecule has 7 heteroatoms. The van der Waals surface area contributed by atoms with E-state index in [4.69, 9.17) is 9.47 Å². The third-order valence-electron chi connectivity index (χ3n) is 4.48. The number of hydrogen-bond acceptors (Lipinski definition) is 6. The number of carbonyl (C=O) groups is 2. The Morgan fingerprint density at radius 2 is 1.93 bits per heavy atom. The number of esters is 1. The molecule has 1 amide bonds. The van der Waals surface area contributed by atoms with Crippen LogP contribution in [-0.2, 0) is 9.53 Å². The number of thioether (sulfide) groups is 1. The van der Waals surface area contributed by atoms with Crippen LogP contribution in [0.3, 0.4) is 0 Å². The Hall–Kier alpha value is -1.34. The Balaban J connectivity index is 2.98. The smallest absolute Gasteiger partial charge is 0.328 e. The first kappa shape index (κ1) is 24.7. The third-order valence-corrected chi connectivity index (χ3v) is 5.75. The Morgan fingerprint density at radius 3 is 2.50 bits per heavy atom. The van der Waals surface area contributed by atoms with Gasteiger partial charge in [-0.1, -0.05) is 26.8 Å². The summed E-state index contributed by atoms with van der Waals surface area (Å²) in [5, 5.41) is 2.83. The summed E-state index contributed by atoms with van der Waals surface area (Å²) in [7, 11) is 1.33. The first-order chi connectivity index (χ1) is 13.3. The van der Waals surface area contributed by atoms with E-state index in [1.54, 1.807) is 17.8 Å². The molecule has 1 N–H and O–H groups in total. The van der Waals surface area contributed by atoms with Gasteiger partial charge in [-0.3, -0.25) is 4.79 Å². The molecule has 158 valence electrons. The molecule has 0 saturated heterocycles. The van der Waals surface area contributed by atoms with Gasteiger partial charge in [-0.2, -0.15) is 24.4 Å². The van der Waals surface area contributed by atoms with E-state index in [0.29, 0.717) is 30.3 Å². The van der Waals surface area contributed by atoms with Crippen LogP contribution in [0.25, 0.3) is 0 Å². The van der Waals surface area contributed by atoms with Gasteiger partial charge in [-0.05, 0) is 60.1 Å². The second kappa shape index (κ2) is 13.0. The van der Waals surface area contributed by atoms with E-state index in [1.807, 2.05) is 32.2 Å². The maximum atomic E-state index is 13.0. The molecule has 5 nitrogen and oxygen atoms in total. The topological polar surface area (TPSA) is 64.6 Å². The summed E-state index contributed by atoms with van der Waals surface area (Å²) in [5.74, 6) is 2.15. The van der Waals surface area contributed by atoms with Crippen LogP contribution in [-0.4, -0.2) is 49.4 Å². The van der Waals surface area contributed by atoms with E-state index in [1.165, 1.54) is 7.11 Å². The van der Waals surface area contributed by atoms with E-state index in [9.17, 15) is 9.59 Å². The fourth-order valence-electron chi connectivity index (χ4n) is 2.66. The average Bonchev–Trinajstić information content (AvgIpc) is 2.69. The highest BCUT2D eigenvalue weighted by Gasteiger charge is 2.24. The number of benzene rings is 1. The van der Waals surface area contributed by atoms with Crippen molar-refractivity contribution in [3.05, 3.63) is 29.3 Å². The molecule has 28 heavy (non-hydrogen) atoms. The molecular weight excluding hydrogens is 394 g/mol. The predicted molar refractivity (Wildman–Crippen MR) is 120 cm³/mol. The second-order valence-corrected chi connectivity index (χ2v) is 8.51. The molecule has 1 rings (SSSR count). The number of methoxy groups -OCH3 is 1. The lowest BCUT2D eigenvalue weighted by molar-refractivity contribution is -0.142. The van der Waals surface area contributed by atoms with Crippen molar-refractivity contribution in [3.63, 3.8) is 0 Å². The second-order valence-electron chi connectivity index (χ2n) is 7.16. The highest BCUT2D eigenvalue weighted by molar-refractivity contribution is 7.98. The molecular formula is C21H33NO4S2. The molecule has 0 bridgehead atoms. The standard InChI is InChI=1S/C21H33NO4S2/c1-14(2)17-7-6-16(26-10-8-15(3)13-27)12-18(17)20(23)22-19(9-11-28-5)21(24)25-4/h6-7,12,14-15,19,27H,8-11,13H2,1-5H3,(H,22,23). The zero-order valence-electron chi connectivity index (χ0n) is 17.5. The number of ether oxygens (including phenoxy) is 2. The molecule has 2 unspecified atom stereocenters. The van der Waals surface area contributed by atoms with Crippen molar-refractivity contribution < 1.29 is 19.1 Å². The number of hydrogen-bond donors (Lipinski definition) is 2. The van der Waals surface area contributed by atoms with Gasteiger partial charge in [0.1, 0.15) is 11.8 Å². The number of carbonyl (C=O) groups excluding carboxylic acids is 2. The van der Waals surface area contributed by atoms with E-state index in [-0.39, 0.29) is 11.8 Å². The van der Waals surface area contributed by atoms with Crippen molar-refractivity contribution in [2.24, 2.45) is 5.92 Å². The molecule has 0 aliphatic carbocycles. The normalized spacial score (nSPS) is 13.1. The van der Waals surface area contributed by atoms with E-state index >= 15 is 0 Å². The van der Waals surface area contributed by atoms with Gasteiger partial charge >= 0.3 is 5.97 Å². The number of rotatable bonds is 12. The minimum absolute atomic E-state index is 0.168. The molecule has 0 radical (unpaired) electrons. The molecule has 0 heterocycles. The zero-order valence-corrected chi connectivity index (χ0v) is 19.2. The van der Waals surface area contributed by atoms with Crippen LogP contribution >= 0.6 is 24.4 Å². The summed E-state index contributed by atoms with van der Waals surface area (Å²) in [6.07, 6.45) is 3.38. The van der Waals surface area contributed by atoms with Crippen LogP contribution in [0.15, 0.2) is 18.2 Å². The molecule has 1 aromatic carbocycles. The van der Waals surface area contributed by atoms with Crippen LogP contribution < -0.4 is 10.1 Å². The molecule has 0 saturated carbocycles. The largest absolute Gasteiger partial charge is 0.494 e. The van der Waals surface area contributed by atoms with Crippen molar-refractivity contribution >= 4 is 36.3 Å². The monoisotopic (exact) mass is 427 g/mol. The predicted octanol–water partition coefficient (Wildman–Crippen LogP) is 4.17. The first-order valence-electron chi connectivity index (χ1n) is 9.59. The third kappa shape index (κ3) is 7.95. The van der Waals surface area contributed by atoms with E-state index in [0.717, 1.165) is 23.5 Å². The molecule has 0 fully saturated rings. The number of nitrogens with one attached hydrogen (secondary N) is 1. The van der Waals surface area contributed by atoms with Crippen LogP contribution in [0.5, 0.6) is 5.75 Å². The summed E-state index contributed by atoms with van der Waals surface area (Å²) in [6, 6.07) is 4.92. The lowest BCUT2D eigenvalue weighted by Gasteiger charge is -2.19. The van der Waals surface area contributed by atoms with Crippen molar-refractivity contribution in [2.45, 2.75) is 45.6 Å². The Labute approximate surface area is 178 Å². The Bertz CT molecular complexity index is 637. The number of thiol groups is 1. The van der Waals surface area contributed by atoms with Gasteiger partial charge in [0.2, 0.25) is 0 Å². The molecule has 2 atom stereocenters. The molecule has 0 spiro atoms. The molecule has 1 aromatic rings. The summed E-state index contributed by atoms with van der Waals surface area (Å²) in [6.45, 7) is 6.76. The summed E-state index contributed by atoms with van der Waals surface area (Å²) in [5.41, 5.74) is 1.45. The average molecular weight is 428 g/mol. The number of amides is 1. The van der Waals surface area contributed by atoms with Crippen molar-refractivity contribution in [1.82, 2.24) is 5.32 Å². The first-order valence-corrected chi connectivity index (χ1v) is 11.6. The lowest BCUT2D eigenvalue weighted by Crippen LogP contribution is -2.42. The van der Waals surface area contributed by atoms with Gasteiger partial charge in [0.05, 0.1) is 13.7 Å². The highest BCUT2D eigenvalue weighted by atomic mass is 32.2. The minimum Gasteiger partial charge on any atom is -0.494 e. The fraction of sp³-hybridized carbons (Fsp3) is 0.619. The van der Waals surface area contributed by atoms with Gasteiger partial charge in [0.25, 0.3) is 5.91 Å². The van der Waals surface area contributed by atoms with Crippen LogP contribution in [0.1, 0.15) is 55.5 Å². The summed E-state index contributed by atoms with van der Waals surface area (Å²) in [4.78, 5) is 25.0. The van der Waals surface area contributed by atoms with Crippen LogP contribution in [0.2, 0.25) is 0 Å². The SMILES string of the molecule is COC(=O)C(CCSC)NC(=O)c1cc(OCCC(C)CS)ccc1C(C)C. The minimum atomic E-state index is -0.661. The van der Waals surface area contributed by atoms with E-state index < -0.39 is 12.0 Å². The van der Waals surface area contributed by atoms with Gasteiger partial charge in [-0.15, -0.1) is 0 Å². The van der Waals surface area contributed by atoms with Crippen LogP contribution in [0, 0.1) is 5.92 Å². The van der Waals surface area contributed by atoms with Gasteiger partial charge in [-0.25, -0.2) is 4.79 Å². The van der Waals surface area contributed by atoms with Gasteiger partial charge < -0.3 is 14.8 Å². The maximum absolute atomic E-state index is 13.0. The Morgan fingerprint density at radius 1 is 1.21 bits per heavy atom. The highest BCUT2D eigenvalue weighted by Crippen LogP contribution is 2.25.